The fourth-order valence-corrected chi connectivity index (χ4v) is 3.14. The van der Waals surface area contributed by atoms with Crippen molar-refractivity contribution in [1.29, 1.82) is 0 Å². The highest BCUT2D eigenvalue weighted by Crippen LogP contribution is 2.19. The van der Waals surface area contributed by atoms with E-state index in [-0.39, 0.29) is 5.56 Å². The summed E-state index contributed by atoms with van der Waals surface area (Å²) in [5, 5.41) is 0.473. The van der Waals surface area contributed by atoms with Gasteiger partial charge in [-0.15, -0.1) is 0 Å². The summed E-state index contributed by atoms with van der Waals surface area (Å²) in [6.07, 6.45) is 1.55. The first kappa shape index (κ1) is 13.8. The van der Waals surface area contributed by atoms with Crippen molar-refractivity contribution in [3.05, 3.63) is 58.0 Å². The molecule has 0 aliphatic rings. The zero-order chi connectivity index (χ0) is 13.8. The van der Waals surface area contributed by atoms with E-state index in [0.717, 1.165) is 0 Å². The molecule has 0 spiro atoms. The molecule has 1 heterocycles. The smallest absolute Gasteiger partial charge is 0.250 e. The minimum absolute atomic E-state index is 0.162. The van der Waals surface area contributed by atoms with Crippen LogP contribution < -0.4 is 11.3 Å². The van der Waals surface area contributed by atoms with Crippen LogP contribution in [0.15, 0.2) is 52.3 Å². The van der Waals surface area contributed by atoms with Crippen molar-refractivity contribution in [1.82, 2.24) is 4.57 Å². The van der Waals surface area contributed by atoms with Gasteiger partial charge in [0.15, 0.2) is 0 Å². The van der Waals surface area contributed by atoms with E-state index in [1.807, 2.05) is 0 Å². The number of aryl methyl sites for hydroxylation is 1. The minimum Gasteiger partial charge on any atom is -0.398 e. The summed E-state index contributed by atoms with van der Waals surface area (Å²) >= 11 is 5.98. The third-order valence-corrected chi connectivity index (χ3v) is 4.45. The number of rotatable bonds is 4. The van der Waals surface area contributed by atoms with Crippen molar-refractivity contribution < 1.29 is 4.21 Å². The number of halogens is 1. The van der Waals surface area contributed by atoms with E-state index < -0.39 is 10.8 Å². The third-order valence-electron chi connectivity index (χ3n) is 2.61. The minimum atomic E-state index is -1.24. The van der Waals surface area contributed by atoms with Gasteiger partial charge in [-0.05, 0) is 18.2 Å². The Hall–Kier alpha value is -1.59. The Morgan fingerprint density at radius 1 is 1.21 bits per heavy atom. The predicted octanol–water partition coefficient (Wildman–Crippen LogP) is 1.89. The molecule has 2 N–H and O–H groups in total. The van der Waals surface area contributed by atoms with Crippen molar-refractivity contribution in [3.8, 4) is 0 Å². The van der Waals surface area contributed by atoms with Crippen molar-refractivity contribution in [3.63, 3.8) is 0 Å². The van der Waals surface area contributed by atoms with Crippen molar-refractivity contribution >= 4 is 28.1 Å². The topological polar surface area (TPSA) is 65.1 Å². The quantitative estimate of drug-likeness (QED) is 0.937. The lowest BCUT2D eigenvalue weighted by molar-refractivity contribution is 0.669. The number of hydrogen-bond acceptors (Lipinski definition) is 3. The Balaban J connectivity index is 2.11. The molecule has 6 heteroatoms. The van der Waals surface area contributed by atoms with Crippen LogP contribution in [0.3, 0.4) is 0 Å². The maximum atomic E-state index is 12.1. The van der Waals surface area contributed by atoms with Gasteiger partial charge in [0.05, 0.1) is 20.7 Å². The first-order valence-corrected chi connectivity index (χ1v) is 7.36. The van der Waals surface area contributed by atoms with Gasteiger partial charge in [0.25, 0.3) is 5.56 Å². The average Bonchev–Trinajstić information content (AvgIpc) is 2.40. The van der Waals surface area contributed by atoms with Gasteiger partial charge in [0.1, 0.15) is 0 Å². The molecule has 2 aromatic rings. The molecule has 1 aromatic heterocycles. The Morgan fingerprint density at radius 3 is 2.68 bits per heavy atom. The third kappa shape index (κ3) is 3.45. The number of aromatic nitrogens is 1. The number of nitrogens with two attached hydrogens (primary N) is 1. The van der Waals surface area contributed by atoms with Gasteiger partial charge < -0.3 is 10.3 Å². The summed E-state index contributed by atoms with van der Waals surface area (Å²) in [5.41, 5.74) is 5.95. The monoisotopic (exact) mass is 296 g/mol. The number of nitrogens with zero attached hydrogens (tertiary/aromatic N) is 1. The van der Waals surface area contributed by atoms with Crippen LogP contribution in [0.2, 0.25) is 5.02 Å². The van der Waals surface area contributed by atoms with Crippen LogP contribution >= 0.6 is 11.6 Å². The normalized spacial score (nSPS) is 12.3. The molecule has 0 aliphatic carbocycles. The van der Waals surface area contributed by atoms with E-state index in [1.165, 1.54) is 10.6 Å². The summed E-state index contributed by atoms with van der Waals surface area (Å²) in [6, 6.07) is 9.93. The van der Waals surface area contributed by atoms with E-state index in [2.05, 4.69) is 0 Å². The molecule has 0 amide bonds. The lowest BCUT2D eigenvalue weighted by Gasteiger charge is -2.07. The highest BCUT2D eigenvalue weighted by molar-refractivity contribution is 7.85. The molecular formula is C13H13ClN2O2S. The lowest BCUT2D eigenvalue weighted by Crippen LogP contribution is -2.21. The number of hydrogen-bond donors (Lipinski definition) is 1. The second-order valence-corrected chi connectivity index (χ2v) is 5.92. The van der Waals surface area contributed by atoms with Crippen LogP contribution in [-0.2, 0) is 17.3 Å². The van der Waals surface area contributed by atoms with Crippen LogP contribution in [0, 0.1) is 0 Å². The molecular weight excluding hydrogens is 284 g/mol. The van der Waals surface area contributed by atoms with Crippen LogP contribution in [0.25, 0.3) is 0 Å². The van der Waals surface area contributed by atoms with Crippen LogP contribution in [0.5, 0.6) is 0 Å². The second-order valence-electron chi connectivity index (χ2n) is 3.97. The van der Waals surface area contributed by atoms with Crippen molar-refractivity contribution in [2.24, 2.45) is 0 Å². The van der Waals surface area contributed by atoms with E-state index in [0.29, 0.717) is 27.9 Å². The molecule has 0 saturated carbocycles. The summed E-state index contributed by atoms with van der Waals surface area (Å²) < 4.78 is 13.6. The second kappa shape index (κ2) is 6.04. The van der Waals surface area contributed by atoms with E-state index in [4.69, 9.17) is 17.3 Å². The Labute approximate surface area is 118 Å². The zero-order valence-electron chi connectivity index (χ0n) is 10.1. The fourth-order valence-electron chi connectivity index (χ4n) is 1.65. The Morgan fingerprint density at radius 2 is 1.95 bits per heavy atom. The summed E-state index contributed by atoms with van der Waals surface area (Å²) in [4.78, 5) is 12.2. The highest BCUT2D eigenvalue weighted by atomic mass is 35.5. The number of benzene rings is 1. The molecule has 4 nitrogen and oxygen atoms in total. The van der Waals surface area contributed by atoms with Gasteiger partial charge in [-0.1, -0.05) is 23.7 Å². The Kier molecular flexibility index (Phi) is 4.39. The van der Waals surface area contributed by atoms with E-state index >= 15 is 0 Å². The maximum absolute atomic E-state index is 12.1. The van der Waals surface area contributed by atoms with Gasteiger partial charge in [-0.25, -0.2) is 0 Å². The zero-order valence-corrected chi connectivity index (χ0v) is 11.7. The first-order valence-electron chi connectivity index (χ1n) is 5.67. The summed E-state index contributed by atoms with van der Waals surface area (Å²) in [7, 11) is -1.24. The Bertz CT molecular complexity index is 670. The molecule has 100 valence electrons. The molecule has 0 radical (unpaired) electrons. The lowest BCUT2D eigenvalue weighted by atomic mass is 10.4. The van der Waals surface area contributed by atoms with E-state index in [9.17, 15) is 9.00 Å². The van der Waals surface area contributed by atoms with Crippen LogP contribution in [0.1, 0.15) is 0 Å². The van der Waals surface area contributed by atoms with Crippen LogP contribution in [-0.4, -0.2) is 14.5 Å². The summed E-state index contributed by atoms with van der Waals surface area (Å²) in [6.45, 7) is 0.335. The highest BCUT2D eigenvalue weighted by Gasteiger charge is 2.08. The van der Waals surface area contributed by atoms with Gasteiger partial charge in [0, 0.05) is 30.2 Å². The average molecular weight is 297 g/mol. The molecule has 19 heavy (non-hydrogen) atoms. The molecule has 1 unspecified atom stereocenters. The molecule has 0 fully saturated rings. The standard InChI is InChI=1S/C13H13ClN2O2S/c14-11-3-1-2-4-12(11)19(18)8-7-16-9-10(15)5-6-13(16)17/h1-6,9H,7-8,15H2. The number of anilines is 1. The number of nitrogen functional groups attached to an aromatic ring is 1. The van der Waals surface area contributed by atoms with Gasteiger partial charge in [0.2, 0.25) is 0 Å². The molecule has 1 aromatic carbocycles. The SMILES string of the molecule is Nc1ccc(=O)n(CCS(=O)c2ccccc2Cl)c1. The first-order chi connectivity index (χ1) is 9.08. The largest absolute Gasteiger partial charge is 0.398 e. The van der Waals surface area contributed by atoms with Gasteiger partial charge in [-0.2, -0.15) is 0 Å². The van der Waals surface area contributed by atoms with Gasteiger partial charge in [-0.3, -0.25) is 9.00 Å². The molecule has 2 rings (SSSR count). The predicted molar refractivity (Wildman–Crippen MR) is 77.8 cm³/mol. The maximum Gasteiger partial charge on any atom is 0.250 e. The molecule has 0 saturated heterocycles. The van der Waals surface area contributed by atoms with Crippen molar-refractivity contribution in [2.75, 3.05) is 11.5 Å². The summed E-state index contributed by atoms with van der Waals surface area (Å²) in [5.74, 6) is 0.313. The van der Waals surface area contributed by atoms with E-state index in [1.54, 1.807) is 36.5 Å². The number of pyridine rings is 1. The fraction of sp³-hybridized carbons (Fsp3) is 0.154. The van der Waals surface area contributed by atoms with Crippen molar-refractivity contribution in [2.45, 2.75) is 11.4 Å². The van der Waals surface area contributed by atoms with Crippen LogP contribution in [0.4, 0.5) is 5.69 Å². The molecule has 0 bridgehead atoms. The molecule has 0 aliphatic heterocycles. The molecule has 1 atom stereocenters. The van der Waals surface area contributed by atoms with Gasteiger partial charge >= 0.3 is 0 Å².